The highest BCUT2D eigenvalue weighted by atomic mass is 16.6. The number of rotatable bonds is 5. The molecular weight excluding hydrogens is 222 g/mol. The van der Waals surface area contributed by atoms with Crippen LogP contribution in [0.1, 0.15) is 34.1 Å². The van der Waals surface area contributed by atoms with Crippen LogP contribution >= 0.6 is 0 Å². The molecule has 0 bridgehead atoms. The molecule has 5 nitrogen and oxygen atoms in total. The van der Waals surface area contributed by atoms with Crippen LogP contribution in [0.4, 0.5) is 4.79 Å². The molecule has 0 radical (unpaired) electrons. The van der Waals surface area contributed by atoms with Gasteiger partial charge in [0.05, 0.1) is 19.1 Å². The number of carbonyl (C=O) groups excluding carboxylic acids is 2. The van der Waals surface area contributed by atoms with E-state index in [1.165, 1.54) is 6.08 Å². The number of hydrogen-bond acceptors (Lipinski definition) is 4. The smallest absolute Gasteiger partial charge is 0.408 e. The second-order valence-corrected chi connectivity index (χ2v) is 4.50. The van der Waals surface area contributed by atoms with Gasteiger partial charge in [-0.3, -0.25) is 4.79 Å². The third-order valence-corrected chi connectivity index (χ3v) is 1.68. The van der Waals surface area contributed by atoms with Crippen molar-refractivity contribution in [2.45, 2.75) is 45.8 Å². The number of esters is 1. The van der Waals surface area contributed by atoms with Crippen molar-refractivity contribution >= 4 is 12.1 Å². The Morgan fingerprint density at radius 2 is 2.00 bits per heavy atom. The minimum Gasteiger partial charge on any atom is -0.466 e. The molecule has 98 valence electrons. The fourth-order valence-corrected chi connectivity index (χ4v) is 1.05. The number of alkyl carbamates (subject to hydrolysis) is 1. The Hall–Kier alpha value is -1.52. The van der Waals surface area contributed by atoms with Crippen LogP contribution < -0.4 is 5.32 Å². The Morgan fingerprint density at radius 3 is 2.41 bits per heavy atom. The van der Waals surface area contributed by atoms with Crippen LogP contribution in [0.15, 0.2) is 12.7 Å². The maximum atomic E-state index is 11.4. The molecule has 5 heteroatoms. The zero-order chi connectivity index (χ0) is 13.5. The lowest BCUT2D eigenvalue weighted by molar-refractivity contribution is -0.143. The largest absolute Gasteiger partial charge is 0.466 e. The zero-order valence-electron chi connectivity index (χ0n) is 10.9. The minimum atomic E-state index is -0.577. The molecule has 0 aromatic heterocycles. The molecule has 0 saturated carbocycles. The summed E-state index contributed by atoms with van der Waals surface area (Å²) in [6, 6.07) is -0.483. The van der Waals surface area contributed by atoms with Gasteiger partial charge >= 0.3 is 12.1 Å². The molecule has 0 spiro atoms. The summed E-state index contributed by atoms with van der Waals surface area (Å²) < 4.78 is 9.84. The van der Waals surface area contributed by atoms with Crippen LogP contribution in [0.25, 0.3) is 0 Å². The van der Waals surface area contributed by atoms with E-state index in [1.54, 1.807) is 27.7 Å². The molecule has 17 heavy (non-hydrogen) atoms. The van der Waals surface area contributed by atoms with E-state index < -0.39 is 17.7 Å². The molecule has 0 heterocycles. The number of amides is 1. The van der Waals surface area contributed by atoms with Gasteiger partial charge in [0.15, 0.2) is 0 Å². The number of ether oxygens (including phenoxy) is 2. The third kappa shape index (κ3) is 8.30. The van der Waals surface area contributed by atoms with Crippen LogP contribution in [-0.2, 0) is 14.3 Å². The van der Waals surface area contributed by atoms with Gasteiger partial charge in [-0.15, -0.1) is 6.58 Å². The topological polar surface area (TPSA) is 64.6 Å². The van der Waals surface area contributed by atoms with E-state index in [-0.39, 0.29) is 12.4 Å². The van der Waals surface area contributed by atoms with Crippen molar-refractivity contribution in [3.8, 4) is 0 Å². The Bertz CT molecular complexity index is 281. The number of nitrogens with one attached hydrogen (secondary N) is 1. The summed E-state index contributed by atoms with van der Waals surface area (Å²) >= 11 is 0. The first-order valence-electron chi connectivity index (χ1n) is 5.56. The molecule has 1 N–H and O–H groups in total. The minimum absolute atomic E-state index is 0.0522. The molecule has 0 aromatic carbocycles. The Morgan fingerprint density at radius 1 is 1.41 bits per heavy atom. The fourth-order valence-electron chi connectivity index (χ4n) is 1.05. The second kappa shape index (κ2) is 6.93. The van der Waals surface area contributed by atoms with Crippen LogP contribution in [0.3, 0.4) is 0 Å². The summed E-state index contributed by atoms with van der Waals surface area (Å²) in [4.78, 5) is 22.7. The van der Waals surface area contributed by atoms with Gasteiger partial charge in [-0.25, -0.2) is 4.79 Å². The molecule has 0 aliphatic heterocycles. The fraction of sp³-hybridized carbons (Fsp3) is 0.667. The summed E-state index contributed by atoms with van der Waals surface area (Å²) in [5.41, 5.74) is -0.570. The molecule has 0 fully saturated rings. The number of carbonyl (C=O) groups is 2. The van der Waals surface area contributed by atoms with Crippen molar-refractivity contribution in [2.75, 3.05) is 6.61 Å². The Labute approximate surface area is 102 Å². The molecule has 0 aromatic rings. The van der Waals surface area contributed by atoms with Crippen molar-refractivity contribution in [2.24, 2.45) is 0 Å². The molecular formula is C12H21NO4. The van der Waals surface area contributed by atoms with Crippen molar-refractivity contribution < 1.29 is 19.1 Å². The van der Waals surface area contributed by atoms with Gasteiger partial charge < -0.3 is 14.8 Å². The summed E-state index contributed by atoms with van der Waals surface area (Å²) in [6.07, 6.45) is 0.948. The highest BCUT2D eigenvalue weighted by molar-refractivity contribution is 5.73. The van der Waals surface area contributed by atoms with Gasteiger partial charge in [0.2, 0.25) is 0 Å². The first-order chi connectivity index (χ1) is 7.78. The third-order valence-electron chi connectivity index (χ3n) is 1.68. The van der Waals surface area contributed by atoms with E-state index in [9.17, 15) is 9.59 Å². The van der Waals surface area contributed by atoms with Gasteiger partial charge in [-0.1, -0.05) is 6.08 Å². The first kappa shape index (κ1) is 15.5. The van der Waals surface area contributed by atoms with Crippen molar-refractivity contribution in [3.63, 3.8) is 0 Å². The summed E-state index contributed by atoms with van der Waals surface area (Å²) in [6.45, 7) is 10.9. The van der Waals surface area contributed by atoms with Gasteiger partial charge in [-0.05, 0) is 27.7 Å². The predicted molar refractivity (Wildman–Crippen MR) is 64.6 cm³/mol. The monoisotopic (exact) mass is 243 g/mol. The van der Waals surface area contributed by atoms with Crippen LogP contribution in [0.5, 0.6) is 0 Å². The second-order valence-electron chi connectivity index (χ2n) is 4.50. The van der Waals surface area contributed by atoms with E-state index >= 15 is 0 Å². The molecule has 0 aliphatic rings. The maximum Gasteiger partial charge on any atom is 0.408 e. The average Bonchev–Trinajstić information content (AvgIpc) is 2.13. The van der Waals surface area contributed by atoms with E-state index in [2.05, 4.69) is 11.9 Å². The van der Waals surface area contributed by atoms with Gasteiger partial charge in [0.25, 0.3) is 0 Å². The average molecular weight is 243 g/mol. The predicted octanol–water partition coefficient (Wildman–Crippen LogP) is 2.02. The standard InChI is InChI=1S/C12H21NO4/c1-6-9(8-10(14)16-7-2)13-11(15)17-12(3,4)5/h6,9H,1,7-8H2,2-5H3,(H,13,15)/t9-/m0/s1. The lowest BCUT2D eigenvalue weighted by Crippen LogP contribution is -2.39. The number of hydrogen-bond donors (Lipinski definition) is 1. The lowest BCUT2D eigenvalue weighted by Gasteiger charge is -2.21. The van der Waals surface area contributed by atoms with Crippen LogP contribution in [0.2, 0.25) is 0 Å². The summed E-state index contributed by atoms with van der Waals surface area (Å²) in [5.74, 6) is -0.381. The highest BCUT2D eigenvalue weighted by Crippen LogP contribution is 2.07. The van der Waals surface area contributed by atoms with Gasteiger partial charge in [0.1, 0.15) is 5.60 Å². The molecule has 0 aliphatic carbocycles. The molecule has 1 atom stereocenters. The van der Waals surface area contributed by atoms with Crippen LogP contribution in [-0.4, -0.2) is 30.3 Å². The van der Waals surface area contributed by atoms with E-state index in [0.717, 1.165) is 0 Å². The van der Waals surface area contributed by atoms with E-state index in [4.69, 9.17) is 9.47 Å². The zero-order valence-corrected chi connectivity index (χ0v) is 10.9. The van der Waals surface area contributed by atoms with Crippen molar-refractivity contribution in [1.29, 1.82) is 0 Å². The maximum absolute atomic E-state index is 11.4. The normalized spacial score (nSPS) is 12.5. The SMILES string of the molecule is C=C[C@@H](CC(=O)OCC)NC(=O)OC(C)(C)C. The molecule has 1 amide bonds. The van der Waals surface area contributed by atoms with Gasteiger partial charge in [-0.2, -0.15) is 0 Å². The summed E-state index contributed by atoms with van der Waals surface area (Å²) in [7, 11) is 0. The molecule has 0 unspecified atom stereocenters. The Balaban J connectivity index is 4.17. The molecule has 0 saturated heterocycles. The van der Waals surface area contributed by atoms with Crippen molar-refractivity contribution in [1.82, 2.24) is 5.32 Å². The Kier molecular flexibility index (Phi) is 6.31. The highest BCUT2D eigenvalue weighted by Gasteiger charge is 2.19. The van der Waals surface area contributed by atoms with Crippen LogP contribution in [0, 0.1) is 0 Å². The first-order valence-corrected chi connectivity index (χ1v) is 5.56. The summed E-state index contributed by atoms with van der Waals surface area (Å²) in [5, 5.41) is 2.53. The van der Waals surface area contributed by atoms with Crippen molar-refractivity contribution in [3.05, 3.63) is 12.7 Å². The quantitative estimate of drug-likeness (QED) is 0.592. The van der Waals surface area contributed by atoms with E-state index in [0.29, 0.717) is 6.61 Å². The lowest BCUT2D eigenvalue weighted by atomic mass is 10.2. The molecule has 0 rings (SSSR count). The van der Waals surface area contributed by atoms with E-state index in [1.807, 2.05) is 0 Å². The van der Waals surface area contributed by atoms with Gasteiger partial charge in [0, 0.05) is 0 Å².